The van der Waals surface area contributed by atoms with E-state index in [1.54, 1.807) is 0 Å². The molecule has 2 aromatic carbocycles. The van der Waals surface area contributed by atoms with Crippen LogP contribution in [-0.4, -0.2) is 0 Å². The summed E-state index contributed by atoms with van der Waals surface area (Å²) in [5.74, 6) is 0.526. The van der Waals surface area contributed by atoms with E-state index in [1.165, 1.54) is 37.1 Å². The maximum atomic E-state index is 3.67. The van der Waals surface area contributed by atoms with Crippen LogP contribution in [0.3, 0.4) is 0 Å². The predicted octanol–water partition coefficient (Wildman–Crippen LogP) is 5.41. The third-order valence-electron chi connectivity index (χ3n) is 4.38. The molecule has 0 amide bonds. The fraction of sp³-hybridized carbons (Fsp3) is 0.111. The van der Waals surface area contributed by atoms with Crippen LogP contribution in [0.25, 0.3) is 20.2 Å². The Morgan fingerprint density at radius 2 is 2.00 bits per heavy atom. The molecule has 1 N–H and O–H groups in total. The molecule has 1 aromatic heterocycles. The smallest absolute Gasteiger partial charge is 0.0516 e. The summed E-state index contributed by atoms with van der Waals surface area (Å²) in [6.07, 6.45) is 7.75. The second-order valence-electron chi connectivity index (χ2n) is 5.46. The summed E-state index contributed by atoms with van der Waals surface area (Å²) in [6, 6.07) is 13.3. The molecule has 2 heteroatoms. The molecule has 2 heterocycles. The Hall–Kier alpha value is -2.06. The summed E-state index contributed by atoms with van der Waals surface area (Å²) in [4.78, 5) is 0. The molecule has 0 spiro atoms. The minimum atomic E-state index is 0.526. The number of thiophene rings is 1. The summed E-state index contributed by atoms with van der Waals surface area (Å²) in [5, 5.41) is 6.45. The molecule has 1 aliphatic heterocycles. The number of anilines is 1. The first-order valence-corrected chi connectivity index (χ1v) is 7.81. The van der Waals surface area contributed by atoms with Crippen molar-refractivity contribution in [1.29, 1.82) is 0 Å². The zero-order chi connectivity index (χ0) is 13.1. The van der Waals surface area contributed by atoms with E-state index in [-0.39, 0.29) is 0 Å². The largest absolute Gasteiger partial charge is 0.358 e. The van der Waals surface area contributed by atoms with Gasteiger partial charge in [0, 0.05) is 31.8 Å². The lowest BCUT2D eigenvalue weighted by Crippen LogP contribution is -2.01. The molecule has 0 radical (unpaired) electrons. The van der Waals surface area contributed by atoms with Gasteiger partial charge in [0.1, 0.15) is 0 Å². The molecule has 0 saturated carbocycles. The van der Waals surface area contributed by atoms with E-state index in [0.717, 1.165) is 6.42 Å². The second-order valence-corrected chi connectivity index (χ2v) is 6.55. The number of hydrogen-bond acceptors (Lipinski definition) is 2. The van der Waals surface area contributed by atoms with Gasteiger partial charge in [-0.15, -0.1) is 11.3 Å². The van der Waals surface area contributed by atoms with Crippen LogP contribution in [0.5, 0.6) is 0 Å². The van der Waals surface area contributed by atoms with Gasteiger partial charge in [-0.1, -0.05) is 36.4 Å². The molecule has 5 rings (SSSR count). The number of benzene rings is 2. The zero-order valence-electron chi connectivity index (χ0n) is 10.9. The molecule has 96 valence electrons. The van der Waals surface area contributed by atoms with Crippen LogP contribution < -0.4 is 5.32 Å². The number of nitrogens with one attached hydrogen (secondary N) is 1. The highest BCUT2D eigenvalue weighted by atomic mass is 32.1. The summed E-state index contributed by atoms with van der Waals surface area (Å²) in [7, 11) is 0. The molecule has 1 nitrogen and oxygen atoms in total. The lowest BCUT2D eigenvalue weighted by atomic mass is 9.91. The topological polar surface area (TPSA) is 12.0 Å². The Bertz CT molecular complexity index is 914. The van der Waals surface area contributed by atoms with Crippen molar-refractivity contribution in [3.63, 3.8) is 0 Å². The first kappa shape index (κ1) is 10.7. The van der Waals surface area contributed by atoms with Crippen LogP contribution in [0.4, 0.5) is 5.69 Å². The van der Waals surface area contributed by atoms with Crippen molar-refractivity contribution in [2.24, 2.45) is 0 Å². The van der Waals surface area contributed by atoms with Crippen LogP contribution in [0.15, 0.2) is 60.3 Å². The van der Waals surface area contributed by atoms with Crippen LogP contribution in [0.2, 0.25) is 0 Å². The van der Waals surface area contributed by atoms with Gasteiger partial charge in [0.05, 0.1) is 5.69 Å². The molecule has 2 aliphatic rings. The molecule has 0 saturated heterocycles. The van der Waals surface area contributed by atoms with E-state index in [9.17, 15) is 0 Å². The second kappa shape index (κ2) is 3.74. The van der Waals surface area contributed by atoms with Gasteiger partial charge in [-0.05, 0) is 30.2 Å². The predicted molar refractivity (Wildman–Crippen MR) is 87.5 cm³/mol. The fourth-order valence-corrected chi connectivity index (χ4v) is 4.57. The average molecular weight is 275 g/mol. The highest BCUT2D eigenvalue weighted by Crippen LogP contribution is 2.49. The maximum absolute atomic E-state index is 3.67. The van der Waals surface area contributed by atoms with Crippen LogP contribution in [-0.2, 0) is 0 Å². The van der Waals surface area contributed by atoms with Gasteiger partial charge in [0.25, 0.3) is 0 Å². The molecule has 1 atom stereocenters. The van der Waals surface area contributed by atoms with Crippen molar-refractivity contribution in [3.8, 4) is 0 Å². The minimum absolute atomic E-state index is 0.526. The summed E-state index contributed by atoms with van der Waals surface area (Å²) in [5.41, 5.74) is 4.14. The van der Waals surface area contributed by atoms with Crippen LogP contribution in [0, 0.1) is 0 Å². The normalized spacial score (nSPS) is 19.8. The highest BCUT2D eigenvalue weighted by molar-refractivity contribution is 7.26. The van der Waals surface area contributed by atoms with E-state index < -0.39 is 0 Å². The van der Waals surface area contributed by atoms with Gasteiger partial charge in [-0.25, -0.2) is 0 Å². The molecular formula is C18H13NS. The molecule has 1 aliphatic carbocycles. The lowest BCUT2D eigenvalue weighted by Gasteiger charge is -2.12. The Morgan fingerprint density at radius 1 is 1.05 bits per heavy atom. The van der Waals surface area contributed by atoms with Crippen molar-refractivity contribution in [3.05, 3.63) is 65.9 Å². The van der Waals surface area contributed by atoms with Gasteiger partial charge < -0.3 is 5.32 Å². The van der Waals surface area contributed by atoms with Gasteiger partial charge in [-0.3, -0.25) is 0 Å². The summed E-state index contributed by atoms with van der Waals surface area (Å²) < 4.78 is 2.75. The Morgan fingerprint density at radius 3 is 3.00 bits per heavy atom. The number of allylic oxidation sites excluding steroid dienone is 4. The van der Waals surface area contributed by atoms with Gasteiger partial charge in [-0.2, -0.15) is 0 Å². The quantitative estimate of drug-likeness (QED) is 0.578. The molecule has 3 aromatic rings. The van der Waals surface area contributed by atoms with Crippen molar-refractivity contribution in [2.75, 3.05) is 5.32 Å². The number of fused-ring (bicyclic) bond motifs is 7. The zero-order valence-corrected chi connectivity index (χ0v) is 11.7. The Kier molecular flexibility index (Phi) is 2.00. The minimum Gasteiger partial charge on any atom is -0.358 e. The summed E-state index contributed by atoms with van der Waals surface area (Å²) >= 11 is 1.89. The molecule has 0 fully saturated rings. The molecule has 1 unspecified atom stereocenters. The number of rotatable bonds is 0. The van der Waals surface area contributed by atoms with Crippen molar-refractivity contribution in [1.82, 2.24) is 0 Å². The van der Waals surface area contributed by atoms with E-state index in [2.05, 4.69) is 59.9 Å². The van der Waals surface area contributed by atoms with E-state index in [4.69, 9.17) is 0 Å². The first-order chi connectivity index (χ1) is 9.92. The van der Waals surface area contributed by atoms with Gasteiger partial charge in [0.15, 0.2) is 0 Å². The van der Waals surface area contributed by atoms with Crippen LogP contribution in [0.1, 0.15) is 17.9 Å². The third-order valence-corrected chi connectivity index (χ3v) is 5.52. The number of hydrogen-bond donors (Lipinski definition) is 1. The fourth-order valence-electron chi connectivity index (χ4n) is 3.45. The molecule has 0 bridgehead atoms. The highest BCUT2D eigenvalue weighted by Gasteiger charge is 2.29. The van der Waals surface area contributed by atoms with Crippen molar-refractivity contribution < 1.29 is 0 Å². The van der Waals surface area contributed by atoms with Crippen LogP contribution >= 0.6 is 11.3 Å². The monoisotopic (exact) mass is 275 g/mol. The van der Waals surface area contributed by atoms with E-state index >= 15 is 0 Å². The maximum Gasteiger partial charge on any atom is 0.0516 e. The van der Waals surface area contributed by atoms with Gasteiger partial charge >= 0.3 is 0 Å². The SMILES string of the molecule is C1=CCC2C(=C1)Nc1c2ccc2sc3ccccc3c12. The Labute approximate surface area is 121 Å². The molecular weight excluding hydrogens is 262 g/mol. The van der Waals surface area contributed by atoms with Gasteiger partial charge in [0.2, 0.25) is 0 Å². The van der Waals surface area contributed by atoms with E-state index in [1.807, 2.05) is 11.3 Å². The lowest BCUT2D eigenvalue weighted by molar-refractivity contribution is 0.836. The summed E-state index contributed by atoms with van der Waals surface area (Å²) in [6.45, 7) is 0. The van der Waals surface area contributed by atoms with Crippen molar-refractivity contribution in [2.45, 2.75) is 12.3 Å². The van der Waals surface area contributed by atoms with E-state index in [0.29, 0.717) is 5.92 Å². The molecule has 20 heavy (non-hydrogen) atoms. The third kappa shape index (κ3) is 1.27. The standard InChI is InChI=1S/C18H13NS/c1-3-7-14-11(5-1)12-9-10-16-17(18(12)19-14)13-6-2-4-8-15(13)20-16/h1-4,6-11,19H,5H2. The first-order valence-electron chi connectivity index (χ1n) is 7.00. The average Bonchev–Trinajstić information content (AvgIpc) is 3.04. The van der Waals surface area contributed by atoms with Crippen molar-refractivity contribution >= 4 is 37.2 Å². The Balaban J connectivity index is 1.90.